The predicted octanol–water partition coefficient (Wildman–Crippen LogP) is 3.25. The smallest absolute Gasteiger partial charge is 0.274 e. The monoisotopic (exact) mass is 423 g/mol. The molecule has 2 aliphatic heterocycles. The number of nitrogens with zero attached hydrogens (tertiary/aromatic N) is 4. The van der Waals surface area contributed by atoms with Gasteiger partial charge in [0.25, 0.3) is 5.91 Å². The largest absolute Gasteiger partial charge is 0.490 e. The van der Waals surface area contributed by atoms with Crippen LogP contribution in [0.1, 0.15) is 36.2 Å². The molecule has 0 saturated carbocycles. The van der Waals surface area contributed by atoms with Crippen LogP contribution in [0.25, 0.3) is 10.9 Å². The number of piperidine rings is 2. The van der Waals surface area contributed by atoms with Crippen molar-refractivity contribution < 1.29 is 13.9 Å². The van der Waals surface area contributed by atoms with E-state index in [2.05, 4.69) is 20.1 Å². The highest BCUT2D eigenvalue weighted by Gasteiger charge is 2.31. The fraction of sp³-hybridized carbons (Fsp3) is 0.435. The Bertz CT molecular complexity index is 1040. The Hall–Kier alpha value is -3.00. The van der Waals surface area contributed by atoms with Gasteiger partial charge in [0, 0.05) is 50.0 Å². The van der Waals surface area contributed by atoms with Gasteiger partial charge in [0.05, 0.1) is 5.52 Å². The second kappa shape index (κ2) is 8.63. The number of hydrogen-bond donors (Lipinski definition) is 1. The van der Waals surface area contributed by atoms with Crippen molar-refractivity contribution in [2.24, 2.45) is 0 Å². The first-order chi connectivity index (χ1) is 15.2. The first-order valence-corrected chi connectivity index (χ1v) is 10.9. The summed E-state index contributed by atoms with van der Waals surface area (Å²) in [5.74, 6) is 0.459. The van der Waals surface area contributed by atoms with Crippen LogP contribution in [0.15, 0.2) is 42.7 Å². The number of halogens is 1. The van der Waals surface area contributed by atoms with Crippen molar-refractivity contribution in [2.75, 3.05) is 26.2 Å². The minimum atomic E-state index is -0.342. The third kappa shape index (κ3) is 4.25. The van der Waals surface area contributed by atoms with E-state index in [9.17, 15) is 9.18 Å². The molecule has 0 atom stereocenters. The average Bonchev–Trinajstić information content (AvgIpc) is 3.23. The summed E-state index contributed by atoms with van der Waals surface area (Å²) in [6.07, 6.45) is 7.69. The molecule has 1 N–H and O–H groups in total. The summed E-state index contributed by atoms with van der Waals surface area (Å²) in [6, 6.07) is 8.65. The number of H-pyrrole nitrogens is 1. The number of benzene rings is 1. The Morgan fingerprint density at radius 2 is 1.77 bits per heavy atom. The third-order valence-corrected chi connectivity index (χ3v) is 6.42. The Morgan fingerprint density at radius 3 is 2.52 bits per heavy atom. The minimum Gasteiger partial charge on any atom is -0.490 e. The van der Waals surface area contributed by atoms with Gasteiger partial charge in [0.1, 0.15) is 17.7 Å². The maximum atomic E-state index is 13.4. The first-order valence-electron chi connectivity index (χ1n) is 10.9. The zero-order chi connectivity index (χ0) is 21.2. The Balaban J connectivity index is 1.13. The number of carbonyl (C=O) groups is 1. The molecule has 1 amide bonds. The molecule has 2 aliphatic rings. The molecule has 7 nitrogen and oxygen atoms in total. The van der Waals surface area contributed by atoms with Crippen molar-refractivity contribution >= 4 is 16.8 Å². The SMILES string of the molecule is O=C(c1n[nH]c2cc(F)ccc12)N1CCC(N2CCC(Oc3ccncc3)CC2)CC1. The van der Waals surface area contributed by atoms with E-state index in [1.165, 1.54) is 12.1 Å². The van der Waals surface area contributed by atoms with Gasteiger partial charge in [0.2, 0.25) is 0 Å². The molecular weight excluding hydrogens is 397 g/mol. The summed E-state index contributed by atoms with van der Waals surface area (Å²) in [5, 5.41) is 7.59. The number of aromatic amines is 1. The van der Waals surface area contributed by atoms with Crippen LogP contribution in [-0.4, -0.2) is 69.2 Å². The molecule has 2 aromatic heterocycles. The molecule has 0 bridgehead atoms. The number of carbonyl (C=O) groups excluding carboxylic acids is 1. The molecule has 0 unspecified atom stereocenters. The van der Waals surface area contributed by atoms with E-state index in [-0.39, 0.29) is 17.8 Å². The number of fused-ring (bicyclic) bond motifs is 1. The minimum absolute atomic E-state index is 0.0826. The van der Waals surface area contributed by atoms with Gasteiger partial charge in [-0.2, -0.15) is 5.10 Å². The summed E-state index contributed by atoms with van der Waals surface area (Å²) in [5.41, 5.74) is 0.928. The number of aromatic nitrogens is 3. The van der Waals surface area contributed by atoms with E-state index >= 15 is 0 Å². The van der Waals surface area contributed by atoms with Crippen molar-refractivity contribution in [3.63, 3.8) is 0 Å². The summed E-state index contributed by atoms with van der Waals surface area (Å²) in [6.45, 7) is 3.47. The molecule has 8 heteroatoms. The van der Waals surface area contributed by atoms with Crippen molar-refractivity contribution in [2.45, 2.75) is 37.8 Å². The van der Waals surface area contributed by atoms with Gasteiger partial charge in [-0.25, -0.2) is 4.39 Å². The molecule has 162 valence electrons. The first kappa shape index (κ1) is 19.9. The van der Waals surface area contributed by atoms with Crippen LogP contribution in [0.3, 0.4) is 0 Å². The van der Waals surface area contributed by atoms with Gasteiger partial charge in [-0.05, 0) is 56.0 Å². The van der Waals surface area contributed by atoms with Crippen LogP contribution in [0.2, 0.25) is 0 Å². The molecule has 0 spiro atoms. The van der Waals surface area contributed by atoms with Gasteiger partial charge in [-0.1, -0.05) is 0 Å². The van der Waals surface area contributed by atoms with Crippen LogP contribution in [0, 0.1) is 5.82 Å². The molecule has 2 saturated heterocycles. The number of ether oxygens (including phenoxy) is 1. The molecule has 1 aromatic carbocycles. The topological polar surface area (TPSA) is 74.4 Å². The van der Waals surface area contributed by atoms with Gasteiger partial charge in [-0.15, -0.1) is 0 Å². The highest BCUT2D eigenvalue weighted by molar-refractivity contribution is 6.04. The summed E-state index contributed by atoms with van der Waals surface area (Å²) in [7, 11) is 0. The molecule has 3 aromatic rings. The average molecular weight is 423 g/mol. The van der Waals surface area contributed by atoms with E-state index in [0.717, 1.165) is 44.5 Å². The van der Waals surface area contributed by atoms with Crippen molar-refractivity contribution in [3.05, 3.63) is 54.2 Å². The fourth-order valence-electron chi connectivity index (χ4n) is 4.71. The van der Waals surface area contributed by atoms with E-state index in [0.29, 0.717) is 35.7 Å². The van der Waals surface area contributed by atoms with Crippen LogP contribution in [0.5, 0.6) is 5.75 Å². The maximum Gasteiger partial charge on any atom is 0.274 e. The number of rotatable bonds is 4. The van der Waals surface area contributed by atoms with Gasteiger partial charge in [0.15, 0.2) is 5.69 Å². The second-order valence-corrected chi connectivity index (χ2v) is 8.32. The quantitative estimate of drug-likeness (QED) is 0.697. The third-order valence-electron chi connectivity index (χ3n) is 6.42. The summed E-state index contributed by atoms with van der Waals surface area (Å²) in [4.78, 5) is 21.4. The lowest BCUT2D eigenvalue weighted by atomic mass is 9.98. The van der Waals surface area contributed by atoms with E-state index < -0.39 is 0 Å². The highest BCUT2D eigenvalue weighted by atomic mass is 19.1. The lowest BCUT2D eigenvalue weighted by Gasteiger charge is -2.41. The predicted molar refractivity (Wildman–Crippen MR) is 114 cm³/mol. The molecule has 0 radical (unpaired) electrons. The molecule has 31 heavy (non-hydrogen) atoms. The number of likely N-dealkylation sites (tertiary alicyclic amines) is 2. The zero-order valence-electron chi connectivity index (χ0n) is 17.3. The Kier molecular flexibility index (Phi) is 5.55. The summed E-state index contributed by atoms with van der Waals surface area (Å²) >= 11 is 0. The molecule has 5 rings (SSSR count). The molecular formula is C23H26FN5O2. The van der Waals surface area contributed by atoms with Gasteiger partial charge >= 0.3 is 0 Å². The summed E-state index contributed by atoms with van der Waals surface area (Å²) < 4.78 is 19.5. The fourth-order valence-corrected chi connectivity index (χ4v) is 4.71. The van der Waals surface area contributed by atoms with Crippen LogP contribution in [0.4, 0.5) is 4.39 Å². The molecule has 4 heterocycles. The van der Waals surface area contributed by atoms with Gasteiger partial charge in [-0.3, -0.25) is 19.8 Å². The van der Waals surface area contributed by atoms with E-state index in [1.54, 1.807) is 18.5 Å². The maximum absolute atomic E-state index is 13.4. The number of nitrogens with one attached hydrogen (secondary N) is 1. The lowest BCUT2D eigenvalue weighted by molar-refractivity contribution is 0.0423. The lowest BCUT2D eigenvalue weighted by Crippen LogP contribution is -2.50. The Morgan fingerprint density at radius 1 is 1.03 bits per heavy atom. The van der Waals surface area contributed by atoms with Crippen LogP contribution < -0.4 is 4.74 Å². The zero-order valence-corrected chi connectivity index (χ0v) is 17.3. The molecule has 0 aliphatic carbocycles. The second-order valence-electron chi connectivity index (χ2n) is 8.32. The van der Waals surface area contributed by atoms with Gasteiger partial charge < -0.3 is 9.64 Å². The van der Waals surface area contributed by atoms with Crippen molar-refractivity contribution in [3.8, 4) is 5.75 Å². The molecule has 2 fully saturated rings. The normalized spacial score (nSPS) is 19.1. The Labute approximate surface area is 180 Å². The van der Waals surface area contributed by atoms with Crippen molar-refractivity contribution in [1.29, 1.82) is 0 Å². The number of hydrogen-bond acceptors (Lipinski definition) is 5. The standard InChI is InChI=1S/C23H26FN5O2/c24-16-1-2-20-21(15-16)26-27-22(20)23(30)29-11-5-17(6-12-29)28-13-7-19(8-14-28)31-18-3-9-25-10-4-18/h1-4,9-10,15,17,19H,5-8,11-14H2,(H,26,27). The van der Waals surface area contributed by atoms with E-state index in [4.69, 9.17) is 4.74 Å². The number of amides is 1. The van der Waals surface area contributed by atoms with Crippen LogP contribution >= 0.6 is 0 Å². The van der Waals surface area contributed by atoms with E-state index in [1.807, 2.05) is 17.0 Å². The number of pyridine rings is 1. The highest BCUT2D eigenvalue weighted by Crippen LogP contribution is 2.25. The van der Waals surface area contributed by atoms with Crippen molar-refractivity contribution in [1.82, 2.24) is 25.0 Å². The van der Waals surface area contributed by atoms with Crippen LogP contribution in [-0.2, 0) is 0 Å².